The fourth-order valence-corrected chi connectivity index (χ4v) is 3.91. The first-order chi connectivity index (χ1) is 9.31. The molecule has 4 nitrogen and oxygen atoms in total. The van der Waals surface area contributed by atoms with E-state index in [-0.39, 0.29) is 48.3 Å². The van der Waals surface area contributed by atoms with Crippen LogP contribution in [0.15, 0.2) is 0 Å². The predicted molar refractivity (Wildman–Crippen MR) is 75.7 cm³/mol. The second kappa shape index (κ2) is 5.72. The summed E-state index contributed by atoms with van der Waals surface area (Å²) < 4.78 is 10.6. The van der Waals surface area contributed by atoms with Crippen molar-refractivity contribution in [3.05, 3.63) is 0 Å². The van der Waals surface area contributed by atoms with Crippen LogP contribution in [-0.2, 0) is 19.1 Å². The van der Waals surface area contributed by atoms with Crippen LogP contribution >= 0.6 is 23.2 Å². The third-order valence-electron chi connectivity index (χ3n) is 4.24. The van der Waals surface area contributed by atoms with E-state index in [9.17, 15) is 9.59 Å². The Morgan fingerprint density at radius 2 is 1.85 bits per heavy atom. The van der Waals surface area contributed by atoms with Gasteiger partial charge < -0.3 is 9.47 Å². The standard InChI is InChI=1S/C14H20Cl2O4/c1-14(2,3)13(18)19-6-9-10-7(4-15)8(5-16)11(10)12(17)20-9/h7-11H,4-6H2,1-3H3/t7-,8-,9-,10+,11+/m1/s1. The summed E-state index contributed by atoms with van der Waals surface area (Å²) in [4.78, 5) is 23.6. The van der Waals surface area contributed by atoms with Gasteiger partial charge in [0.15, 0.2) is 0 Å². The number of hydrogen-bond donors (Lipinski definition) is 0. The van der Waals surface area contributed by atoms with E-state index in [1.165, 1.54) is 0 Å². The maximum absolute atomic E-state index is 11.9. The van der Waals surface area contributed by atoms with Crippen molar-refractivity contribution in [2.45, 2.75) is 26.9 Å². The number of alkyl halides is 2. The summed E-state index contributed by atoms with van der Waals surface area (Å²) >= 11 is 11.9. The number of carbonyl (C=O) groups excluding carboxylic acids is 2. The zero-order valence-corrected chi connectivity index (χ0v) is 13.4. The Morgan fingerprint density at radius 3 is 2.35 bits per heavy atom. The average molecular weight is 323 g/mol. The van der Waals surface area contributed by atoms with Crippen LogP contribution in [0, 0.1) is 29.1 Å². The number of hydrogen-bond acceptors (Lipinski definition) is 4. The van der Waals surface area contributed by atoms with Gasteiger partial charge in [-0.05, 0) is 32.6 Å². The van der Waals surface area contributed by atoms with Gasteiger partial charge in [-0.1, -0.05) is 0 Å². The largest absolute Gasteiger partial charge is 0.461 e. The summed E-state index contributed by atoms with van der Waals surface area (Å²) in [6.07, 6.45) is -0.387. The molecule has 0 amide bonds. The molecule has 6 heteroatoms. The molecule has 2 rings (SSSR count). The second-order valence-corrected chi connectivity index (χ2v) is 7.18. The lowest BCUT2D eigenvalue weighted by molar-refractivity contribution is -0.160. The average Bonchev–Trinajstić information content (AvgIpc) is 2.59. The van der Waals surface area contributed by atoms with Gasteiger partial charge in [0, 0.05) is 17.7 Å². The van der Waals surface area contributed by atoms with Crippen LogP contribution in [0.4, 0.5) is 0 Å². The third kappa shape index (κ3) is 2.64. The van der Waals surface area contributed by atoms with E-state index in [1.807, 2.05) is 0 Å². The van der Waals surface area contributed by atoms with E-state index in [1.54, 1.807) is 20.8 Å². The molecule has 0 aromatic rings. The molecule has 0 N–H and O–H groups in total. The number of cyclic esters (lactones) is 1. The van der Waals surface area contributed by atoms with E-state index in [0.29, 0.717) is 11.8 Å². The zero-order chi connectivity index (χ0) is 15.1. The van der Waals surface area contributed by atoms with Gasteiger partial charge in [-0.15, -0.1) is 23.2 Å². The van der Waals surface area contributed by atoms with E-state index < -0.39 is 5.41 Å². The Bertz CT molecular complexity index is 404. The number of rotatable bonds is 4. The Labute approximate surface area is 129 Å². The highest BCUT2D eigenvalue weighted by Gasteiger charge is 2.62. The van der Waals surface area contributed by atoms with E-state index in [0.717, 1.165) is 0 Å². The highest BCUT2D eigenvalue weighted by atomic mass is 35.5. The van der Waals surface area contributed by atoms with Gasteiger partial charge in [0.2, 0.25) is 0 Å². The maximum Gasteiger partial charge on any atom is 0.311 e. The van der Waals surface area contributed by atoms with Gasteiger partial charge in [0.1, 0.15) is 12.7 Å². The number of fused-ring (bicyclic) bond motifs is 1. The lowest BCUT2D eigenvalue weighted by atomic mass is 9.57. The second-order valence-electron chi connectivity index (χ2n) is 6.56. The first-order valence-corrected chi connectivity index (χ1v) is 7.87. The molecule has 1 saturated heterocycles. The van der Waals surface area contributed by atoms with Gasteiger partial charge in [-0.25, -0.2) is 0 Å². The topological polar surface area (TPSA) is 52.6 Å². The van der Waals surface area contributed by atoms with Crippen molar-refractivity contribution in [3.63, 3.8) is 0 Å². The molecule has 1 heterocycles. The van der Waals surface area contributed by atoms with Crippen LogP contribution in [0.5, 0.6) is 0 Å². The smallest absolute Gasteiger partial charge is 0.311 e. The molecule has 20 heavy (non-hydrogen) atoms. The maximum atomic E-state index is 11.9. The highest BCUT2D eigenvalue weighted by Crippen LogP contribution is 2.54. The molecule has 2 fully saturated rings. The molecule has 0 aromatic heterocycles. The lowest BCUT2D eigenvalue weighted by Crippen LogP contribution is -2.52. The van der Waals surface area contributed by atoms with Gasteiger partial charge in [-0.2, -0.15) is 0 Å². The Hall–Kier alpha value is -0.480. The summed E-state index contributed by atoms with van der Waals surface area (Å²) in [5.41, 5.74) is -0.563. The van der Waals surface area contributed by atoms with Crippen molar-refractivity contribution >= 4 is 35.1 Å². The lowest BCUT2D eigenvalue weighted by Gasteiger charge is -2.45. The number of carbonyl (C=O) groups is 2. The minimum absolute atomic E-state index is 0.0246. The van der Waals surface area contributed by atoms with Crippen LogP contribution in [0.2, 0.25) is 0 Å². The molecule has 1 aliphatic carbocycles. The zero-order valence-electron chi connectivity index (χ0n) is 11.9. The summed E-state index contributed by atoms with van der Waals surface area (Å²) in [6, 6.07) is 0. The molecule has 0 bridgehead atoms. The minimum Gasteiger partial charge on any atom is -0.461 e. The summed E-state index contributed by atoms with van der Waals surface area (Å²) in [6.45, 7) is 5.46. The van der Waals surface area contributed by atoms with E-state index >= 15 is 0 Å². The van der Waals surface area contributed by atoms with Crippen LogP contribution in [-0.4, -0.2) is 36.4 Å². The van der Waals surface area contributed by atoms with Gasteiger partial charge in [0.25, 0.3) is 0 Å². The molecule has 0 radical (unpaired) electrons. The molecule has 1 saturated carbocycles. The Balaban J connectivity index is 1.97. The van der Waals surface area contributed by atoms with Crippen molar-refractivity contribution in [2.75, 3.05) is 18.4 Å². The fraction of sp³-hybridized carbons (Fsp3) is 0.857. The number of ether oxygens (including phenoxy) is 2. The van der Waals surface area contributed by atoms with Crippen LogP contribution in [0.3, 0.4) is 0 Å². The minimum atomic E-state index is -0.563. The first kappa shape index (κ1) is 15.9. The molecule has 0 spiro atoms. The van der Waals surface area contributed by atoms with Crippen LogP contribution in [0.25, 0.3) is 0 Å². The molecule has 0 unspecified atom stereocenters. The molecule has 1 aliphatic heterocycles. The molecular formula is C14H20Cl2O4. The van der Waals surface area contributed by atoms with Crippen LogP contribution < -0.4 is 0 Å². The van der Waals surface area contributed by atoms with Crippen molar-refractivity contribution < 1.29 is 19.1 Å². The van der Waals surface area contributed by atoms with E-state index in [2.05, 4.69) is 0 Å². The monoisotopic (exact) mass is 322 g/mol. The quantitative estimate of drug-likeness (QED) is 0.589. The third-order valence-corrected chi connectivity index (χ3v) is 4.95. The predicted octanol–water partition coefficient (Wildman–Crippen LogP) is 2.46. The first-order valence-electron chi connectivity index (χ1n) is 6.81. The van der Waals surface area contributed by atoms with E-state index in [4.69, 9.17) is 32.7 Å². The molecule has 0 aromatic carbocycles. The summed E-state index contributed by atoms with van der Waals surface area (Å²) in [5.74, 6) is 0.387. The fourth-order valence-electron chi connectivity index (χ4n) is 3.05. The molecule has 2 aliphatic rings. The van der Waals surface area contributed by atoms with Crippen LogP contribution in [0.1, 0.15) is 20.8 Å². The molecular weight excluding hydrogens is 303 g/mol. The Morgan fingerprint density at radius 1 is 1.25 bits per heavy atom. The van der Waals surface area contributed by atoms with Crippen molar-refractivity contribution in [3.8, 4) is 0 Å². The molecule has 5 atom stereocenters. The Kier molecular flexibility index (Phi) is 4.55. The SMILES string of the molecule is CC(C)(C)C(=O)OC[C@H]1OC(=O)[C@H]2[C@H](CCl)[C@@H](CCl)[C@H]21. The van der Waals surface area contributed by atoms with Gasteiger partial charge >= 0.3 is 11.9 Å². The highest BCUT2D eigenvalue weighted by molar-refractivity contribution is 6.19. The summed E-state index contributed by atoms with van der Waals surface area (Å²) in [5, 5.41) is 0. The number of halogens is 2. The van der Waals surface area contributed by atoms with Crippen molar-refractivity contribution in [1.82, 2.24) is 0 Å². The summed E-state index contributed by atoms with van der Waals surface area (Å²) in [7, 11) is 0. The van der Waals surface area contributed by atoms with Crippen molar-refractivity contribution in [2.24, 2.45) is 29.1 Å². The normalized spacial score (nSPS) is 36.0. The van der Waals surface area contributed by atoms with Gasteiger partial charge in [-0.3, -0.25) is 9.59 Å². The van der Waals surface area contributed by atoms with Crippen molar-refractivity contribution in [1.29, 1.82) is 0 Å². The van der Waals surface area contributed by atoms with Gasteiger partial charge in [0.05, 0.1) is 11.3 Å². The molecule has 114 valence electrons. The number of esters is 2.